The van der Waals surface area contributed by atoms with Crippen LogP contribution in [0.4, 0.5) is 0 Å². The third kappa shape index (κ3) is 2.48. The fourth-order valence-corrected chi connectivity index (χ4v) is 6.42. The topological polar surface area (TPSA) is 75.5 Å². The van der Waals surface area contributed by atoms with Crippen molar-refractivity contribution in [2.45, 2.75) is 25.1 Å². The summed E-state index contributed by atoms with van der Waals surface area (Å²) in [5.74, 6) is 0.0718. The molecule has 0 unspecified atom stereocenters. The maximum atomic E-state index is 12.9. The Labute approximate surface area is 137 Å². The summed E-state index contributed by atoms with van der Waals surface area (Å²) < 4.78 is 26.4. The van der Waals surface area contributed by atoms with Crippen LogP contribution in [0, 0.1) is 19.8 Å². The second kappa shape index (κ2) is 5.31. The number of aryl methyl sites for hydroxylation is 2. The first-order valence-electron chi connectivity index (χ1n) is 7.81. The maximum Gasteiger partial charge on any atom is 0.272 e. The number of fused-ring (bicyclic) bond motifs is 1. The van der Waals surface area contributed by atoms with Gasteiger partial charge in [0, 0.05) is 37.7 Å². The first-order valence-corrected chi connectivity index (χ1v) is 9.52. The molecule has 0 saturated carbocycles. The third-order valence-electron chi connectivity index (χ3n) is 5.34. The van der Waals surface area contributed by atoms with Gasteiger partial charge in [0.25, 0.3) is 5.91 Å². The van der Waals surface area contributed by atoms with Crippen molar-refractivity contribution in [3.63, 3.8) is 0 Å². The minimum Gasteiger partial charge on any atom is -0.336 e. The summed E-state index contributed by atoms with van der Waals surface area (Å²) in [5.41, 5.74) is 2.25. The van der Waals surface area contributed by atoms with Crippen molar-refractivity contribution in [2.75, 3.05) is 32.9 Å². The summed E-state index contributed by atoms with van der Waals surface area (Å²) in [5, 5.41) is 3.85. The average Bonchev–Trinajstić information content (AvgIpc) is 3.05. The smallest absolute Gasteiger partial charge is 0.272 e. The van der Waals surface area contributed by atoms with Gasteiger partial charge < -0.3 is 9.80 Å². The summed E-state index contributed by atoms with van der Waals surface area (Å²) in [6.07, 6.45) is 0. The normalized spacial score (nSPS) is 29.3. The third-order valence-corrected chi connectivity index (χ3v) is 7.57. The molecule has 8 heteroatoms. The van der Waals surface area contributed by atoms with Crippen molar-refractivity contribution in [1.29, 1.82) is 0 Å². The molecule has 0 spiro atoms. The van der Waals surface area contributed by atoms with Crippen molar-refractivity contribution in [2.24, 2.45) is 13.0 Å². The largest absolute Gasteiger partial charge is 0.336 e. The number of carbonyl (C=O) groups excluding carboxylic acids is 1. The summed E-state index contributed by atoms with van der Waals surface area (Å²) in [7, 11) is 2.42. The quantitative estimate of drug-likeness (QED) is 0.748. The van der Waals surface area contributed by atoms with E-state index in [9.17, 15) is 13.2 Å². The van der Waals surface area contributed by atoms with Gasteiger partial charge in [-0.05, 0) is 27.9 Å². The van der Waals surface area contributed by atoms with Gasteiger partial charge in [-0.3, -0.25) is 9.48 Å². The van der Waals surface area contributed by atoms with E-state index < -0.39 is 15.1 Å². The van der Waals surface area contributed by atoms with Gasteiger partial charge in [0.2, 0.25) is 0 Å². The number of nitrogens with zero attached hydrogens (tertiary/aromatic N) is 4. The predicted molar refractivity (Wildman–Crippen MR) is 87.1 cm³/mol. The summed E-state index contributed by atoms with van der Waals surface area (Å²) >= 11 is 0. The number of likely N-dealkylation sites (tertiary alicyclic amines) is 1. The zero-order valence-electron chi connectivity index (χ0n) is 14.3. The minimum atomic E-state index is -3.14. The Morgan fingerprint density at radius 3 is 2.43 bits per heavy atom. The lowest BCUT2D eigenvalue weighted by Crippen LogP contribution is -2.39. The van der Waals surface area contributed by atoms with E-state index in [1.807, 2.05) is 32.8 Å². The van der Waals surface area contributed by atoms with Crippen molar-refractivity contribution in [3.8, 4) is 0 Å². The van der Waals surface area contributed by atoms with Crippen LogP contribution in [0.5, 0.6) is 0 Å². The predicted octanol–water partition coefficient (Wildman–Crippen LogP) is -0.164. The monoisotopic (exact) mass is 340 g/mol. The van der Waals surface area contributed by atoms with Crippen molar-refractivity contribution < 1.29 is 13.2 Å². The van der Waals surface area contributed by atoms with E-state index in [1.165, 1.54) is 0 Å². The van der Waals surface area contributed by atoms with E-state index in [0.29, 0.717) is 18.8 Å². The molecule has 3 atom stereocenters. The van der Waals surface area contributed by atoms with Crippen LogP contribution in [-0.4, -0.2) is 78.1 Å². The number of aromatic nitrogens is 2. The Kier molecular flexibility index (Phi) is 3.79. The van der Waals surface area contributed by atoms with E-state index in [-0.39, 0.29) is 23.6 Å². The van der Waals surface area contributed by atoms with E-state index in [4.69, 9.17) is 0 Å². The summed E-state index contributed by atoms with van der Waals surface area (Å²) in [4.78, 5) is 16.5. The van der Waals surface area contributed by atoms with Gasteiger partial charge in [-0.2, -0.15) is 5.10 Å². The number of sulfone groups is 1. The van der Waals surface area contributed by atoms with Crippen LogP contribution < -0.4 is 0 Å². The molecule has 3 heterocycles. The molecule has 1 aromatic heterocycles. The zero-order valence-corrected chi connectivity index (χ0v) is 15.1. The van der Waals surface area contributed by atoms with Crippen molar-refractivity contribution in [1.82, 2.24) is 19.6 Å². The van der Waals surface area contributed by atoms with Gasteiger partial charge in [0.1, 0.15) is 5.69 Å². The SMILES string of the molecule is Cc1nn(C)c(C(=O)N2C[C@H]3[C@H](N(C)C)CS(=O)(=O)[C@H]3C2)c1C. The highest BCUT2D eigenvalue weighted by molar-refractivity contribution is 7.92. The minimum absolute atomic E-state index is 0.00594. The van der Waals surface area contributed by atoms with Gasteiger partial charge in [-0.15, -0.1) is 0 Å². The van der Waals surface area contributed by atoms with Crippen LogP contribution in [0.3, 0.4) is 0 Å². The van der Waals surface area contributed by atoms with Crippen LogP contribution in [0.25, 0.3) is 0 Å². The van der Waals surface area contributed by atoms with Crippen LogP contribution in [-0.2, 0) is 16.9 Å². The second-order valence-electron chi connectivity index (χ2n) is 6.96. The van der Waals surface area contributed by atoms with Crippen molar-refractivity contribution >= 4 is 15.7 Å². The molecule has 128 valence electrons. The molecule has 1 aromatic rings. The Bertz CT molecular complexity index is 753. The van der Waals surface area contributed by atoms with Gasteiger partial charge in [0.15, 0.2) is 9.84 Å². The number of hydrogen-bond acceptors (Lipinski definition) is 5. The van der Waals surface area contributed by atoms with E-state index in [2.05, 4.69) is 5.10 Å². The van der Waals surface area contributed by atoms with Gasteiger partial charge in [-0.1, -0.05) is 0 Å². The number of carbonyl (C=O) groups is 1. The molecule has 7 nitrogen and oxygen atoms in total. The van der Waals surface area contributed by atoms with Crippen molar-refractivity contribution in [3.05, 3.63) is 17.0 Å². The second-order valence-corrected chi connectivity index (χ2v) is 9.22. The average molecular weight is 340 g/mol. The van der Waals surface area contributed by atoms with Crippen LogP contribution in [0.1, 0.15) is 21.7 Å². The lowest BCUT2D eigenvalue weighted by Gasteiger charge is -2.25. The van der Waals surface area contributed by atoms with E-state index >= 15 is 0 Å². The molecule has 0 aromatic carbocycles. The highest BCUT2D eigenvalue weighted by atomic mass is 32.2. The van der Waals surface area contributed by atoms with Crippen LogP contribution >= 0.6 is 0 Å². The summed E-state index contributed by atoms with van der Waals surface area (Å²) in [6.45, 7) is 4.54. The molecule has 2 fully saturated rings. The molecule has 2 aliphatic heterocycles. The number of amides is 1. The molecule has 0 aliphatic carbocycles. The fraction of sp³-hybridized carbons (Fsp3) is 0.733. The first-order chi connectivity index (χ1) is 10.6. The molecule has 0 radical (unpaired) electrons. The summed E-state index contributed by atoms with van der Waals surface area (Å²) in [6, 6.07) is -0.0165. The van der Waals surface area contributed by atoms with E-state index in [0.717, 1.165) is 11.3 Å². The van der Waals surface area contributed by atoms with Crippen LogP contribution in [0.2, 0.25) is 0 Å². The van der Waals surface area contributed by atoms with Gasteiger partial charge >= 0.3 is 0 Å². The van der Waals surface area contributed by atoms with Crippen LogP contribution in [0.15, 0.2) is 0 Å². The maximum absolute atomic E-state index is 12.9. The molecule has 1 amide bonds. The molecule has 0 bridgehead atoms. The first kappa shape index (κ1) is 16.4. The highest BCUT2D eigenvalue weighted by Crippen LogP contribution is 2.36. The fourth-order valence-electron chi connectivity index (χ4n) is 3.94. The number of hydrogen-bond donors (Lipinski definition) is 0. The van der Waals surface area contributed by atoms with Gasteiger partial charge in [-0.25, -0.2) is 8.42 Å². The Morgan fingerprint density at radius 2 is 1.91 bits per heavy atom. The molecule has 2 aliphatic rings. The number of rotatable bonds is 2. The molecular formula is C15H24N4O3S. The Morgan fingerprint density at radius 1 is 1.26 bits per heavy atom. The Balaban J connectivity index is 1.89. The van der Waals surface area contributed by atoms with E-state index in [1.54, 1.807) is 16.6 Å². The zero-order chi connectivity index (χ0) is 17.1. The molecule has 3 rings (SSSR count). The lowest BCUT2D eigenvalue weighted by molar-refractivity contribution is 0.0768. The highest BCUT2D eigenvalue weighted by Gasteiger charge is 2.53. The Hall–Kier alpha value is -1.41. The van der Waals surface area contributed by atoms with Gasteiger partial charge in [0.05, 0.1) is 16.7 Å². The standard InChI is InChI=1S/C15H24N4O3S/c1-9-10(2)16-18(5)14(9)15(20)19-6-11-12(17(3)4)8-23(21,22)13(11)7-19/h11-13H,6-8H2,1-5H3/t11-,12+,13-/m0/s1. The molecule has 23 heavy (non-hydrogen) atoms. The molecule has 2 saturated heterocycles. The molecule has 0 N–H and O–H groups in total. The lowest BCUT2D eigenvalue weighted by atomic mass is 10.00. The molecular weight excluding hydrogens is 316 g/mol.